The third-order valence-electron chi connectivity index (χ3n) is 2.95. The molecule has 2 rings (SSSR count). The predicted molar refractivity (Wildman–Crippen MR) is 59.5 cm³/mol. The molecule has 0 saturated carbocycles. The molecule has 1 aromatic rings. The molecular formula is C11H17N3O3. The molecule has 1 unspecified atom stereocenters. The van der Waals surface area contributed by atoms with Crippen molar-refractivity contribution in [3.8, 4) is 0 Å². The number of nitrogens with zero attached hydrogens (tertiary/aromatic N) is 3. The van der Waals surface area contributed by atoms with E-state index in [4.69, 9.17) is 9.26 Å². The molecule has 1 fully saturated rings. The van der Waals surface area contributed by atoms with Crippen LogP contribution in [0.3, 0.4) is 0 Å². The fraction of sp³-hybridized carbons (Fsp3) is 0.727. The number of likely N-dealkylation sites (tertiary alicyclic amines) is 1. The minimum atomic E-state index is 0.130. The van der Waals surface area contributed by atoms with Crippen molar-refractivity contribution in [2.24, 2.45) is 0 Å². The Balaban J connectivity index is 1.89. The van der Waals surface area contributed by atoms with E-state index in [0.29, 0.717) is 31.3 Å². The Morgan fingerprint density at radius 2 is 2.47 bits per heavy atom. The summed E-state index contributed by atoms with van der Waals surface area (Å²) in [5, 5.41) is 3.77. The highest BCUT2D eigenvalue weighted by molar-refractivity contribution is 5.76. The van der Waals surface area contributed by atoms with E-state index in [1.807, 2.05) is 4.90 Å². The summed E-state index contributed by atoms with van der Waals surface area (Å²) in [7, 11) is 1.60. The first-order chi connectivity index (χ1) is 8.20. The van der Waals surface area contributed by atoms with Crippen LogP contribution in [-0.2, 0) is 9.53 Å². The van der Waals surface area contributed by atoms with Crippen molar-refractivity contribution in [2.45, 2.75) is 25.7 Å². The molecule has 6 nitrogen and oxygen atoms in total. The lowest BCUT2D eigenvalue weighted by Gasteiger charge is -2.15. The van der Waals surface area contributed by atoms with Crippen LogP contribution in [0, 0.1) is 6.92 Å². The first kappa shape index (κ1) is 12.0. The Morgan fingerprint density at radius 3 is 3.12 bits per heavy atom. The van der Waals surface area contributed by atoms with Crippen molar-refractivity contribution in [3.63, 3.8) is 0 Å². The van der Waals surface area contributed by atoms with Crippen molar-refractivity contribution >= 4 is 5.91 Å². The number of methoxy groups -OCH3 is 1. The number of aromatic nitrogens is 2. The number of ether oxygens (including phenoxy) is 1. The van der Waals surface area contributed by atoms with E-state index in [-0.39, 0.29) is 11.8 Å². The number of carbonyl (C=O) groups excluding carboxylic acids is 1. The average Bonchev–Trinajstić information content (AvgIpc) is 2.93. The summed E-state index contributed by atoms with van der Waals surface area (Å²) in [6.45, 7) is 3.70. The zero-order valence-electron chi connectivity index (χ0n) is 10.2. The van der Waals surface area contributed by atoms with Crippen LogP contribution in [0.2, 0.25) is 0 Å². The number of hydrogen-bond acceptors (Lipinski definition) is 5. The van der Waals surface area contributed by atoms with Gasteiger partial charge in [0.2, 0.25) is 11.8 Å². The van der Waals surface area contributed by atoms with Crippen molar-refractivity contribution in [3.05, 3.63) is 11.7 Å². The average molecular weight is 239 g/mol. The molecule has 1 aromatic heterocycles. The van der Waals surface area contributed by atoms with Gasteiger partial charge in [-0.2, -0.15) is 4.98 Å². The summed E-state index contributed by atoms with van der Waals surface area (Å²) in [6, 6.07) is 0. The van der Waals surface area contributed by atoms with Crippen LogP contribution in [0.4, 0.5) is 0 Å². The molecule has 17 heavy (non-hydrogen) atoms. The highest BCUT2D eigenvalue weighted by Crippen LogP contribution is 2.26. The van der Waals surface area contributed by atoms with Crippen molar-refractivity contribution < 1.29 is 14.1 Å². The zero-order chi connectivity index (χ0) is 12.3. The summed E-state index contributed by atoms with van der Waals surface area (Å²) in [5.74, 6) is 1.60. The Labute approximate surface area is 99.9 Å². The Morgan fingerprint density at radius 1 is 1.65 bits per heavy atom. The zero-order valence-corrected chi connectivity index (χ0v) is 10.2. The molecule has 94 valence electrons. The first-order valence-electron chi connectivity index (χ1n) is 5.77. The van der Waals surface area contributed by atoms with Gasteiger partial charge in [-0.25, -0.2) is 0 Å². The summed E-state index contributed by atoms with van der Waals surface area (Å²) in [5.41, 5.74) is 0. The molecule has 1 atom stereocenters. The van der Waals surface area contributed by atoms with Crippen LogP contribution in [0.1, 0.15) is 30.5 Å². The van der Waals surface area contributed by atoms with Crippen LogP contribution in [0.25, 0.3) is 0 Å². The molecule has 1 saturated heterocycles. The van der Waals surface area contributed by atoms with Gasteiger partial charge in [0.15, 0.2) is 5.82 Å². The number of amides is 1. The molecule has 0 bridgehead atoms. The summed E-state index contributed by atoms with van der Waals surface area (Å²) < 4.78 is 10.0. The lowest BCUT2D eigenvalue weighted by atomic mass is 10.1. The topological polar surface area (TPSA) is 68.5 Å². The third-order valence-corrected chi connectivity index (χ3v) is 2.95. The highest BCUT2D eigenvalue weighted by atomic mass is 16.5. The SMILES string of the molecule is COCCC(=O)N1CCC(c2nc(C)no2)C1. The molecule has 6 heteroatoms. The standard InChI is InChI=1S/C11H17N3O3/c1-8-12-11(17-13-8)9-3-5-14(7-9)10(15)4-6-16-2/h9H,3-7H2,1-2H3. The molecule has 0 radical (unpaired) electrons. The molecular weight excluding hydrogens is 222 g/mol. The lowest BCUT2D eigenvalue weighted by Crippen LogP contribution is -2.29. The Bertz CT molecular complexity index is 391. The fourth-order valence-corrected chi connectivity index (χ4v) is 2.01. The van der Waals surface area contributed by atoms with E-state index < -0.39 is 0 Å². The molecule has 0 aliphatic carbocycles. The number of aryl methyl sites for hydroxylation is 1. The van der Waals surface area contributed by atoms with E-state index >= 15 is 0 Å². The monoisotopic (exact) mass is 239 g/mol. The lowest BCUT2D eigenvalue weighted by molar-refractivity contribution is -0.131. The van der Waals surface area contributed by atoms with Gasteiger partial charge in [0, 0.05) is 20.2 Å². The fourth-order valence-electron chi connectivity index (χ4n) is 2.01. The van der Waals surface area contributed by atoms with E-state index in [1.165, 1.54) is 0 Å². The van der Waals surface area contributed by atoms with Gasteiger partial charge in [0.25, 0.3) is 0 Å². The van der Waals surface area contributed by atoms with E-state index in [9.17, 15) is 4.79 Å². The number of carbonyl (C=O) groups is 1. The minimum absolute atomic E-state index is 0.130. The smallest absolute Gasteiger partial charge is 0.231 e. The van der Waals surface area contributed by atoms with Crippen LogP contribution in [-0.4, -0.2) is 47.8 Å². The largest absolute Gasteiger partial charge is 0.384 e. The highest BCUT2D eigenvalue weighted by Gasteiger charge is 2.30. The van der Waals surface area contributed by atoms with Crippen LogP contribution in [0.15, 0.2) is 4.52 Å². The number of rotatable bonds is 4. The maximum absolute atomic E-state index is 11.8. The molecule has 2 heterocycles. The summed E-state index contributed by atoms with van der Waals surface area (Å²) in [4.78, 5) is 17.8. The summed E-state index contributed by atoms with van der Waals surface area (Å²) in [6.07, 6.45) is 1.33. The van der Waals surface area contributed by atoms with Crippen LogP contribution in [0.5, 0.6) is 0 Å². The Kier molecular flexibility index (Phi) is 3.73. The predicted octanol–water partition coefficient (Wildman–Crippen LogP) is 0.730. The Hall–Kier alpha value is -1.43. The third kappa shape index (κ3) is 2.82. The molecule has 0 spiro atoms. The first-order valence-corrected chi connectivity index (χ1v) is 5.77. The molecule has 1 aliphatic rings. The second-order valence-electron chi connectivity index (χ2n) is 4.25. The maximum atomic E-state index is 11.8. The molecule has 0 N–H and O–H groups in total. The van der Waals surface area contributed by atoms with Gasteiger partial charge in [-0.1, -0.05) is 5.16 Å². The van der Waals surface area contributed by atoms with E-state index in [1.54, 1.807) is 14.0 Å². The quantitative estimate of drug-likeness (QED) is 0.774. The van der Waals surface area contributed by atoms with Gasteiger partial charge in [-0.15, -0.1) is 0 Å². The second kappa shape index (κ2) is 5.27. The summed E-state index contributed by atoms with van der Waals surface area (Å²) >= 11 is 0. The van der Waals surface area contributed by atoms with E-state index in [2.05, 4.69) is 10.1 Å². The van der Waals surface area contributed by atoms with Gasteiger partial charge in [-0.3, -0.25) is 4.79 Å². The molecule has 0 aromatic carbocycles. The van der Waals surface area contributed by atoms with Crippen molar-refractivity contribution in [1.29, 1.82) is 0 Å². The van der Waals surface area contributed by atoms with Gasteiger partial charge in [0.1, 0.15) is 0 Å². The second-order valence-corrected chi connectivity index (χ2v) is 4.25. The van der Waals surface area contributed by atoms with Gasteiger partial charge >= 0.3 is 0 Å². The van der Waals surface area contributed by atoms with Crippen molar-refractivity contribution in [2.75, 3.05) is 26.8 Å². The minimum Gasteiger partial charge on any atom is -0.384 e. The van der Waals surface area contributed by atoms with Gasteiger partial charge in [-0.05, 0) is 13.3 Å². The van der Waals surface area contributed by atoms with Crippen LogP contribution >= 0.6 is 0 Å². The number of hydrogen-bond donors (Lipinski definition) is 0. The van der Waals surface area contributed by atoms with Gasteiger partial charge < -0.3 is 14.2 Å². The normalized spacial score (nSPS) is 19.9. The van der Waals surface area contributed by atoms with Gasteiger partial charge in [0.05, 0.1) is 18.9 Å². The molecule has 1 amide bonds. The van der Waals surface area contributed by atoms with Crippen LogP contribution < -0.4 is 0 Å². The van der Waals surface area contributed by atoms with E-state index in [0.717, 1.165) is 13.0 Å². The molecule has 1 aliphatic heterocycles. The van der Waals surface area contributed by atoms with Crippen molar-refractivity contribution in [1.82, 2.24) is 15.0 Å². The maximum Gasteiger partial charge on any atom is 0.231 e.